The molecule has 1 rings (SSSR count). The molecule has 0 bridgehead atoms. The Balaban J connectivity index is 2.55. The van der Waals surface area contributed by atoms with E-state index in [1.165, 1.54) is 12.1 Å². The molecule has 68 valence electrons. The van der Waals surface area contributed by atoms with Crippen molar-refractivity contribution in [3.8, 4) is 6.07 Å². The molecule has 0 saturated carbocycles. The molecule has 0 aliphatic carbocycles. The molecule has 1 N–H and O–H groups in total. The first-order chi connectivity index (χ1) is 6.22. The molecular formula is C10H11FN2. The molecule has 0 aliphatic heterocycles. The first kappa shape index (κ1) is 9.53. The molecule has 1 aromatic rings. The van der Waals surface area contributed by atoms with Crippen molar-refractivity contribution in [1.29, 1.82) is 5.26 Å². The average Bonchev–Trinajstić information content (AvgIpc) is 2.09. The van der Waals surface area contributed by atoms with Crippen LogP contribution in [0.3, 0.4) is 0 Å². The molecule has 0 radical (unpaired) electrons. The highest BCUT2D eigenvalue weighted by molar-refractivity contribution is 5.43. The number of hydrogen-bond donors (Lipinski definition) is 1. The van der Waals surface area contributed by atoms with Crippen LogP contribution in [0.25, 0.3) is 0 Å². The normalized spacial score (nSPS) is 11.8. The highest BCUT2D eigenvalue weighted by Crippen LogP contribution is 2.10. The molecular weight excluding hydrogens is 167 g/mol. The van der Waals surface area contributed by atoms with Crippen molar-refractivity contribution in [3.05, 3.63) is 30.1 Å². The van der Waals surface area contributed by atoms with E-state index in [-0.39, 0.29) is 11.9 Å². The van der Waals surface area contributed by atoms with Gasteiger partial charge < -0.3 is 5.32 Å². The molecule has 0 aromatic heterocycles. The van der Waals surface area contributed by atoms with Gasteiger partial charge in [0.25, 0.3) is 0 Å². The first-order valence-corrected chi connectivity index (χ1v) is 4.11. The third kappa shape index (κ3) is 3.12. The number of benzene rings is 1. The number of nitrogens with one attached hydrogen (secondary N) is 1. The van der Waals surface area contributed by atoms with Gasteiger partial charge in [0, 0.05) is 11.7 Å². The Hall–Kier alpha value is -1.56. The minimum absolute atomic E-state index is 0.0930. The van der Waals surface area contributed by atoms with Gasteiger partial charge in [-0.2, -0.15) is 5.26 Å². The summed E-state index contributed by atoms with van der Waals surface area (Å²) in [4.78, 5) is 0. The van der Waals surface area contributed by atoms with Crippen LogP contribution in [0.5, 0.6) is 0 Å². The topological polar surface area (TPSA) is 35.8 Å². The molecule has 1 atom stereocenters. The van der Waals surface area contributed by atoms with Crippen molar-refractivity contribution in [1.82, 2.24) is 0 Å². The van der Waals surface area contributed by atoms with Crippen molar-refractivity contribution >= 4 is 5.69 Å². The molecule has 0 spiro atoms. The van der Waals surface area contributed by atoms with E-state index in [1.54, 1.807) is 12.1 Å². The van der Waals surface area contributed by atoms with Crippen molar-refractivity contribution in [2.45, 2.75) is 19.4 Å². The summed E-state index contributed by atoms with van der Waals surface area (Å²) in [7, 11) is 0. The van der Waals surface area contributed by atoms with Gasteiger partial charge in [-0.15, -0.1) is 0 Å². The van der Waals surface area contributed by atoms with Gasteiger partial charge in [-0.05, 0) is 31.2 Å². The molecule has 3 heteroatoms. The maximum atomic E-state index is 12.5. The lowest BCUT2D eigenvalue weighted by Crippen LogP contribution is -2.13. The summed E-state index contributed by atoms with van der Waals surface area (Å²) in [6.07, 6.45) is 0.442. The number of rotatable bonds is 3. The largest absolute Gasteiger partial charge is 0.382 e. The lowest BCUT2D eigenvalue weighted by molar-refractivity contribution is 0.628. The fourth-order valence-corrected chi connectivity index (χ4v) is 1.02. The molecule has 0 heterocycles. The number of halogens is 1. The summed E-state index contributed by atoms with van der Waals surface area (Å²) in [6, 6.07) is 8.25. The van der Waals surface area contributed by atoms with Gasteiger partial charge in [-0.1, -0.05) is 0 Å². The summed E-state index contributed by atoms with van der Waals surface area (Å²) < 4.78 is 12.5. The molecule has 2 nitrogen and oxygen atoms in total. The Bertz CT molecular complexity index is 300. The van der Waals surface area contributed by atoms with Crippen molar-refractivity contribution in [2.75, 3.05) is 5.32 Å². The molecule has 13 heavy (non-hydrogen) atoms. The Labute approximate surface area is 77.0 Å². The third-order valence-corrected chi connectivity index (χ3v) is 1.65. The molecule has 1 aromatic carbocycles. The second-order valence-corrected chi connectivity index (χ2v) is 2.91. The second-order valence-electron chi connectivity index (χ2n) is 2.91. The average molecular weight is 178 g/mol. The van der Waals surface area contributed by atoms with Crippen LogP contribution in [-0.2, 0) is 0 Å². The van der Waals surface area contributed by atoms with Gasteiger partial charge in [-0.25, -0.2) is 4.39 Å². The summed E-state index contributed by atoms with van der Waals surface area (Å²) in [5.41, 5.74) is 0.837. The number of nitrogens with zero attached hydrogens (tertiary/aromatic N) is 1. The molecule has 0 saturated heterocycles. The predicted octanol–water partition coefficient (Wildman–Crippen LogP) is 2.54. The van der Waals surface area contributed by atoms with Crippen molar-refractivity contribution in [2.24, 2.45) is 0 Å². The molecule has 0 amide bonds. The van der Waals surface area contributed by atoms with Gasteiger partial charge in [0.15, 0.2) is 0 Å². The van der Waals surface area contributed by atoms with Crippen molar-refractivity contribution < 1.29 is 4.39 Å². The minimum atomic E-state index is -0.251. The van der Waals surface area contributed by atoms with Gasteiger partial charge in [0.1, 0.15) is 5.82 Å². The Morgan fingerprint density at radius 3 is 2.62 bits per heavy atom. The highest BCUT2D eigenvalue weighted by atomic mass is 19.1. The van der Waals surface area contributed by atoms with Gasteiger partial charge >= 0.3 is 0 Å². The van der Waals surface area contributed by atoms with Gasteiger partial charge in [0.05, 0.1) is 12.5 Å². The van der Waals surface area contributed by atoms with E-state index >= 15 is 0 Å². The zero-order valence-electron chi connectivity index (χ0n) is 7.42. The van der Waals surface area contributed by atoms with Crippen LogP contribution in [0.4, 0.5) is 10.1 Å². The number of anilines is 1. The Morgan fingerprint density at radius 2 is 2.08 bits per heavy atom. The summed E-state index contributed by atoms with van der Waals surface area (Å²) in [5.74, 6) is -0.251. The fraction of sp³-hybridized carbons (Fsp3) is 0.300. The first-order valence-electron chi connectivity index (χ1n) is 4.11. The van der Waals surface area contributed by atoms with Crippen LogP contribution in [-0.4, -0.2) is 6.04 Å². The van der Waals surface area contributed by atoms with Crippen LogP contribution >= 0.6 is 0 Å². The standard InChI is InChI=1S/C10H11FN2/c1-8(6-7-12)13-10-4-2-9(11)3-5-10/h2-5,8,13H,6H2,1H3. The molecule has 0 fully saturated rings. The Morgan fingerprint density at radius 1 is 1.46 bits per heavy atom. The van der Waals surface area contributed by atoms with E-state index < -0.39 is 0 Å². The Kier molecular flexibility index (Phi) is 3.27. The smallest absolute Gasteiger partial charge is 0.123 e. The zero-order valence-corrected chi connectivity index (χ0v) is 7.42. The van der Waals surface area contributed by atoms with E-state index in [4.69, 9.17) is 5.26 Å². The second kappa shape index (κ2) is 4.46. The quantitative estimate of drug-likeness (QED) is 0.772. The number of nitriles is 1. The molecule has 0 aliphatic rings. The van der Waals surface area contributed by atoms with Crippen LogP contribution in [0.15, 0.2) is 24.3 Å². The van der Waals surface area contributed by atoms with Crippen LogP contribution < -0.4 is 5.32 Å². The highest BCUT2D eigenvalue weighted by Gasteiger charge is 2.00. The van der Waals surface area contributed by atoms with Gasteiger partial charge in [0.2, 0.25) is 0 Å². The zero-order chi connectivity index (χ0) is 9.68. The maximum absolute atomic E-state index is 12.5. The van der Waals surface area contributed by atoms with E-state index in [0.717, 1.165) is 5.69 Å². The van der Waals surface area contributed by atoms with Crippen LogP contribution in [0.1, 0.15) is 13.3 Å². The maximum Gasteiger partial charge on any atom is 0.123 e. The fourth-order valence-electron chi connectivity index (χ4n) is 1.02. The summed E-state index contributed by atoms with van der Waals surface area (Å²) in [6.45, 7) is 1.91. The lowest BCUT2D eigenvalue weighted by Gasteiger charge is -2.11. The lowest BCUT2D eigenvalue weighted by atomic mass is 10.2. The van der Waals surface area contributed by atoms with Gasteiger partial charge in [-0.3, -0.25) is 0 Å². The molecule has 1 unspecified atom stereocenters. The predicted molar refractivity (Wildman–Crippen MR) is 49.7 cm³/mol. The minimum Gasteiger partial charge on any atom is -0.382 e. The van der Waals surface area contributed by atoms with E-state index in [1.807, 2.05) is 6.92 Å². The van der Waals surface area contributed by atoms with Crippen LogP contribution in [0.2, 0.25) is 0 Å². The number of hydrogen-bond acceptors (Lipinski definition) is 2. The monoisotopic (exact) mass is 178 g/mol. The van der Waals surface area contributed by atoms with Crippen molar-refractivity contribution in [3.63, 3.8) is 0 Å². The summed E-state index contributed by atoms with van der Waals surface area (Å²) >= 11 is 0. The summed E-state index contributed by atoms with van der Waals surface area (Å²) in [5, 5.41) is 11.5. The van der Waals surface area contributed by atoms with Crippen LogP contribution in [0, 0.1) is 17.1 Å². The van der Waals surface area contributed by atoms with E-state index in [9.17, 15) is 4.39 Å². The SMILES string of the molecule is CC(CC#N)Nc1ccc(F)cc1. The third-order valence-electron chi connectivity index (χ3n) is 1.65. The van der Waals surface area contributed by atoms with E-state index in [2.05, 4.69) is 11.4 Å². The van der Waals surface area contributed by atoms with E-state index in [0.29, 0.717) is 6.42 Å².